The fourth-order valence-corrected chi connectivity index (χ4v) is 16.0. The Hall–Kier alpha value is -7.59. The van der Waals surface area contributed by atoms with Crippen molar-refractivity contribution in [2.45, 2.75) is 400 Å². The SMILES string of the molecule is CCCCCCCCCCCCOc1ccc(/C=C/c2ccc(OCCCCCCCCCCCOc3cc(/C=C/c4ccc(C(=O)O)cc4)cc(OCCCCCCCCCCCOc4ccc(/C=C/c5ccc(OCCCCCCCCCCCC)c(OCCCCCCCCCCCC)c5)cc4)c3)cc2)cc1OCCCCCCCCCCCC. The number of unbranched alkanes of at least 4 members (excludes halogenated alkanes) is 52. The third-order valence-electron chi connectivity index (χ3n) is 23.8. The Kier molecular flexibility index (Phi) is 62.3. The van der Waals surface area contributed by atoms with Gasteiger partial charge in [-0.25, -0.2) is 4.79 Å². The summed E-state index contributed by atoms with van der Waals surface area (Å²) in [6.07, 6.45) is 86.5. The van der Waals surface area contributed by atoms with Crippen LogP contribution in [-0.2, 0) is 0 Å². The van der Waals surface area contributed by atoms with Crippen LogP contribution in [0.4, 0.5) is 0 Å². The van der Waals surface area contributed by atoms with Crippen molar-refractivity contribution in [2.24, 2.45) is 0 Å². The first-order valence-electron chi connectivity index (χ1n) is 50.9. The Balaban J connectivity index is 0.806. The molecule has 1 N–H and O–H groups in total. The highest BCUT2D eigenvalue weighted by Crippen LogP contribution is 2.34. The van der Waals surface area contributed by atoms with Gasteiger partial charge in [0.1, 0.15) is 23.0 Å². The maximum Gasteiger partial charge on any atom is 0.335 e. The minimum absolute atomic E-state index is 0.277. The highest BCUT2D eigenvalue weighted by molar-refractivity contribution is 5.88. The summed E-state index contributed by atoms with van der Waals surface area (Å²) in [5, 5.41) is 9.43. The van der Waals surface area contributed by atoms with Crippen molar-refractivity contribution in [3.63, 3.8) is 0 Å². The van der Waals surface area contributed by atoms with Crippen molar-refractivity contribution in [3.05, 3.63) is 166 Å². The molecule has 0 aliphatic rings. The third-order valence-corrected chi connectivity index (χ3v) is 23.8. The molecule has 6 aromatic carbocycles. The van der Waals surface area contributed by atoms with Crippen LogP contribution in [0.3, 0.4) is 0 Å². The van der Waals surface area contributed by atoms with Crippen molar-refractivity contribution in [3.8, 4) is 46.0 Å². The van der Waals surface area contributed by atoms with Gasteiger partial charge >= 0.3 is 5.97 Å². The van der Waals surface area contributed by atoms with Crippen molar-refractivity contribution in [2.75, 3.05) is 52.9 Å². The van der Waals surface area contributed by atoms with Crippen LogP contribution in [0.2, 0.25) is 0 Å². The Bertz CT molecular complexity index is 3380. The van der Waals surface area contributed by atoms with Crippen LogP contribution < -0.4 is 37.9 Å². The molecule has 0 saturated carbocycles. The highest BCUT2D eigenvalue weighted by atomic mass is 16.5. The van der Waals surface area contributed by atoms with Crippen LogP contribution in [0, 0.1) is 0 Å². The Morgan fingerprint density at radius 2 is 0.390 bits per heavy atom. The summed E-state index contributed by atoms with van der Waals surface area (Å²) < 4.78 is 50.8. The first kappa shape index (κ1) is 104. The highest BCUT2D eigenvalue weighted by Gasteiger charge is 2.12. The predicted molar refractivity (Wildman–Crippen MR) is 527 cm³/mol. The van der Waals surface area contributed by atoms with Crippen LogP contribution in [-0.4, -0.2) is 63.9 Å². The molecule has 0 spiro atoms. The van der Waals surface area contributed by atoms with Gasteiger partial charge in [-0.3, -0.25) is 0 Å². The molecule has 6 rings (SSSR count). The van der Waals surface area contributed by atoms with Gasteiger partial charge in [0, 0.05) is 6.07 Å². The molecule has 0 saturated heterocycles. The van der Waals surface area contributed by atoms with E-state index in [1.807, 2.05) is 30.4 Å². The molecule has 0 atom stereocenters. The topological polar surface area (TPSA) is 111 Å². The number of carboxylic acid groups (broad SMARTS) is 1. The molecule has 0 aliphatic heterocycles. The number of aromatic carboxylic acids is 1. The van der Waals surface area contributed by atoms with Gasteiger partial charge in [-0.05, 0) is 158 Å². The van der Waals surface area contributed by atoms with Crippen molar-refractivity contribution in [1.82, 2.24) is 0 Å². The lowest BCUT2D eigenvalue weighted by atomic mass is 10.1. The van der Waals surface area contributed by atoms with Crippen LogP contribution in [0.25, 0.3) is 36.5 Å². The van der Waals surface area contributed by atoms with E-state index in [4.69, 9.17) is 37.9 Å². The summed E-state index contributed by atoms with van der Waals surface area (Å²) >= 11 is 0. The van der Waals surface area contributed by atoms with E-state index < -0.39 is 5.97 Å². The molecule has 10 nitrogen and oxygen atoms in total. The maximum atomic E-state index is 11.5. The molecule has 10 heteroatoms. The Morgan fingerprint density at radius 1 is 0.195 bits per heavy atom. The van der Waals surface area contributed by atoms with E-state index in [2.05, 4.69) is 149 Å². The van der Waals surface area contributed by atoms with E-state index in [-0.39, 0.29) is 5.56 Å². The van der Waals surface area contributed by atoms with Gasteiger partial charge < -0.3 is 43.0 Å². The van der Waals surface area contributed by atoms with Gasteiger partial charge in [0.25, 0.3) is 0 Å². The van der Waals surface area contributed by atoms with Crippen LogP contribution >= 0.6 is 0 Å². The predicted octanol–water partition coefficient (Wildman–Crippen LogP) is 35.0. The first-order valence-corrected chi connectivity index (χ1v) is 50.9. The molecule has 0 radical (unpaired) electrons. The second-order valence-electron chi connectivity index (χ2n) is 35.1. The smallest absolute Gasteiger partial charge is 0.335 e. The number of benzene rings is 6. The van der Waals surface area contributed by atoms with Crippen molar-refractivity contribution >= 4 is 42.4 Å². The normalized spacial score (nSPS) is 11.6. The summed E-state index contributed by atoms with van der Waals surface area (Å²) in [5.74, 6) is 5.99. The molecule has 684 valence electrons. The van der Waals surface area contributed by atoms with E-state index in [1.165, 1.54) is 308 Å². The molecule has 0 bridgehead atoms. The first-order chi connectivity index (χ1) is 60.8. The molecule has 0 aromatic heterocycles. The van der Waals surface area contributed by atoms with Crippen LogP contribution in [0.15, 0.2) is 127 Å². The lowest BCUT2D eigenvalue weighted by molar-refractivity contribution is 0.0696. The van der Waals surface area contributed by atoms with Gasteiger partial charge in [0.05, 0.1) is 58.4 Å². The van der Waals surface area contributed by atoms with Gasteiger partial charge in [0.15, 0.2) is 23.0 Å². The van der Waals surface area contributed by atoms with E-state index in [9.17, 15) is 9.90 Å². The molecule has 0 heterocycles. The number of hydrogen-bond donors (Lipinski definition) is 1. The minimum atomic E-state index is -0.926. The summed E-state index contributed by atoms with van der Waals surface area (Å²) in [7, 11) is 0. The molecule has 123 heavy (non-hydrogen) atoms. The van der Waals surface area contributed by atoms with E-state index >= 15 is 0 Å². The minimum Gasteiger partial charge on any atom is -0.494 e. The Labute approximate surface area is 751 Å². The van der Waals surface area contributed by atoms with Gasteiger partial charge in [0.2, 0.25) is 0 Å². The lowest BCUT2D eigenvalue weighted by Crippen LogP contribution is -2.03. The number of carbonyl (C=O) groups is 1. The zero-order chi connectivity index (χ0) is 86.7. The Morgan fingerprint density at radius 3 is 0.642 bits per heavy atom. The molecule has 6 aromatic rings. The third kappa shape index (κ3) is 54.1. The quantitative estimate of drug-likeness (QED) is 0.0293. The van der Waals surface area contributed by atoms with E-state index in [0.29, 0.717) is 13.2 Å². The number of carboxylic acids is 1. The van der Waals surface area contributed by atoms with Crippen LogP contribution in [0.5, 0.6) is 46.0 Å². The molecular formula is C113H172O10. The van der Waals surface area contributed by atoms with E-state index in [0.717, 1.165) is 183 Å². The summed E-state index contributed by atoms with van der Waals surface area (Å²) in [4.78, 5) is 11.5. The maximum absolute atomic E-state index is 11.5. The number of ether oxygens (including phenoxy) is 8. The molecule has 0 fully saturated rings. The lowest BCUT2D eigenvalue weighted by Gasteiger charge is -2.14. The van der Waals surface area contributed by atoms with Gasteiger partial charge in [-0.15, -0.1) is 0 Å². The van der Waals surface area contributed by atoms with Crippen molar-refractivity contribution in [1.29, 1.82) is 0 Å². The largest absolute Gasteiger partial charge is 0.494 e. The average molecular weight is 1690 g/mol. The van der Waals surface area contributed by atoms with Gasteiger partial charge in [-0.2, -0.15) is 0 Å². The fourth-order valence-electron chi connectivity index (χ4n) is 16.0. The molecular weight excluding hydrogens is 1520 g/mol. The zero-order valence-electron chi connectivity index (χ0n) is 78.4. The average Bonchev–Trinajstić information content (AvgIpc) is 0.865. The summed E-state index contributed by atoms with van der Waals surface area (Å²) in [6.45, 7) is 14.9. The molecule has 0 amide bonds. The zero-order valence-corrected chi connectivity index (χ0v) is 78.4. The molecule has 0 aliphatic carbocycles. The molecule has 0 unspecified atom stereocenters. The van der Waals surface area contributed by atoms with E-state index in [1.54, 1.807) is 12.1 Å². The monoisotopic (exact) mass is 1690 g/mol. The summed E-state index contributed by atoms with van der Waals surface area (Å²) in [5.41, 5.74) is 6.70. The standard InChI is InChI=1S/C113H172O10/c1-5-9-13-17-21-25-31-43-51-59-89-120-109-83-75-101(95-111(109)122-91-61-53-45-33-27-23-19-15-11-7-3)66-63-99-71-79-105(80-72-99)116-85-55-47-39-35-29-37-41-49-57-87-118-107-93-103(68-65-98-69-77-104(78-70-98)113(114)115)94-108(97-107)119-88-58-50-42-38-30-36-40-48-56-86-117-106-81-73-100(74-82-106)64-67-102-76-84-110(121-90-60-52-44-32-26-22-18-14-10-6-2)112(96-102)123-92-62-54-46-34-28-24-20-16-12-8-4/h63-84,93-97H,5-62,85-92H2,1-4H3,(H,114,115)/b66-63+,67-64+,68-65+. The van der Waals surface area contributed by atoms with Crippen molar-refractivity contribution < 1.29 is 47.8 Å². The fraction of sp³-hybridized carbons (Fsp3) is 0.619. The van der Waals surface area contributed by atoms with Crippen LogP contribution in [0.1, 0.15) is 444 Å². The number of hydrogen-bond acceptors (Lipinski definition) is 9. The summed E-state index contributed by atoms with van der Waals surface area (Å²) in [6, 6.07) is 42.9. The second kappa shape index (κ2) is 73.6. The number of rotatable bonds is 83. The van der Waals surface area contributed by atoms with Gasteiger partial charge in [-0.1, -0.05) is 434 Å². The second-order valence-corrected chi connectivity index (χ2v) is 35.1.